The van der Waals surface area contributed by atoms with Crippen LogP contribution in [0.15, 0.2) is 67.0 Å². The Bertz CT molecular complexity index is 1480. The zero-order valence-corrected chi connectivity index (χ0v) is 17.1. The molecule has 2 amide bonds. The van der Waals surface area contributed by atoms with Gasteiger partial charge < -0.3 is 11.1 Å². The number of carbonyl (C=O) groups excluding carboxylic acids is 2. The van der Waals surface area contributed by atoms with Gasteiger partial charge in [-0.25, -0.2) is 4.98 Å². The summed E-state index contributed by atoms with van der Waals surface area (Å²) in [5.74, 6) is 1.96. The van der Waals surface area contributed by atoms with Crippen molar-refractivity contribution >= 4 is 28.5 Å². The van der Waals surface area contributed by atoms with Crippen molar-refractivity contribution < 1.29 is 9.59 Å². The van der Waals surface area contributed by atoms with Gasteiger partial charge in [-0.1, -0.05) is 12.1 Å². The molecule has 0 aliphatic carbocycles. The number of anilines is 1. The van der Waals surface area contributed by atoms with Gasteiger partial charge in [0.1, 0.15) is 6.33 Å². The SMILES string of the molecule is Cc1ccc2c(c1)ncn2C#Cc1cc(C#N)cc(NC(=O)c2cccc(C(N)=O)c2)c1. The van der Waals surface area contributed by atoms with Crippen LogP contribution in [0.4, 0.5) is 5.69 Å². The molecule has 4 rings (SSSR count). The fourth-order valence-electron chi connectivity index (χ4n) is 3.19. The van der Waals surface area contributed by atoms with Crippen molar-refractivity contribution in [3.05, 3.63) is 94.8 Å². The molecule has 0 aliphatic heterocycles. The van der Waals surface area contributed by atoms with E-state index in [2.05, 4.69) is 28.3 Å². The number of benzene rings is 3. The molecular weight excluding hydrogens is 402 g/mol. The number of nitriles is 1. The maximum absolute atomic E-state index is 12.6. The Kier molecular flexibility index (Phi) is 5.40. The summed E-state index contributed by atoms with van der Waals surface area (Å²) < 4.78 is 1.71. The Hall–Kier alpha value is -4.88. The molecule has 0 saturated carbocycles. The highest BCUT2D eigenvalue weighted by Crippen LogP contribution is 2.17. The lowest BCUT2D eigenvalue weighted by Crippen LogP contribution is -2.15. The van der Waals surface area contributed by atoms with Crippen LogP contribution in [0.5, 0.6) is 0 Å². The lowest BCUT2D eigenvalue weighted by molar-refractivity contribution is 0.1000. The van der Waals surface area contributed by atoms with Crippen LogP contribution in [-0.2, 0) is 0 Å². The molecular formula is C25H17N5O2. The van der Waals surface area contributed by atoms with Gasteiger partial charge in [0.15, 0.2) is 0 Å². The second-order valence-electron chi connectivity index (χ2n) is 7.15. The summed E-state index contributed by atoms with van der Waals surface area (Å²) in [5.41, 5.74) is 9.94. The summed E-state index contributed by atoms with van der Waals surface area (Å²) >= 11 is 0. The predicted molar refractivity (Wildman–Crippen MR) is 121 cm³/mol. The third kappa shape index (κ3) is 4.33. The molecule has 154 valence electrons. The maximum atomic E-state index is 12.6. The van der Waals surface area contributed by atoms with Crippen molar-refractivity contribution in [2.24, 2.45) is 5.73 Å². The van der Waals surface area contributed by atoms with Crippen molar-refractivity contribution in [1.29, 1.82) is 5.26 Å². The number of fused-ring (bicyclic) bond motifs is 1. The molecule has 0 spiro atoms. The number of nitrogens with one attached hydrogen (secondary N) is 1. The molecule has 0 atom stereocenters. The summed E-state index contributed by atoms with van der Waals surface area (Å²) in [7, 11) is 0. The van der Waals surface area contributed by atoms with Crippen molar-refractivity contribution in [2.45, 2.75) is 6.92 Å². The minimum atomic E-state index is -0.620. The van der Waals surface area contributed by atoms with Gasteiger partial charge >= 0.3 is 0 Å². The summed E-state index contributed by atoms with van der Waals surface area (Å²) in [6.45, 7) is 2.00. The van der Waals surface area contributed by atoms with Crippen LogP contribution in [0.25, 0.3) is 11.0 Å². The molecule has 1 heterocycles. The van der Waals surface area contributed by atoms with E-state index in [0.717, 1.165) is 16.6 Å². The first-order chi connectivity index (χ1) is 15.4. The Labute approximate surface area is 184 Å². The zero-order chi connectivity index (χ0) is 22.7. The van der Waals surface area contributed by atoms with E-state index in [-0.39, 0.29) is 11.1 Å². The van der Waals surface area contributed by atoms with Crippen LogP contribution in [0, 0.1) is 30.2 Å². The van der Waals surface area contributed by atoms with Crippen LogP contribution < -0.4 is 11.1 Å². The second-order valence-corrected chi connectivity index (χ2v) is 7.15. The Morgan fingerprint density at radius 3 is 2.59 bits per heavy atom. The molecule has 0 unspecified atom stereocenters. The highest BCUT2D eigenvalue weighted by atomic mass is 16.2. The van der Waals surface area contributed by atoms with E-state index in [1.54, 1.807) is 41.2 Å². The molecule has 7 nitrogen and oxygen atoms in total. The number of amides is 2. The number of hydrogen-bond donors (Lipinski definition) is 2. The number of imidazole rings is 1. The second kappa shape index (κ2) is 8.47. The normalized spacial score (nSPS) is 10.1. The first-order valence-electron chi connectivity index (χ1n) is 9.65. The molecule has 0 bridgehead atoms. The number of hydrogen-bond acceptors (Lipinski definition) is 4. The van der Waals surface area contributed by atoms with Crippen LogP contribution in [0.2, 0.25) is 0 Å². The van der Waals surface area contributed by atoms with E-state index < -0.39 is 11.8 Å². The number of nitrogens with zero attached hydrogens (tertiary/aromatic N) is 3. The van der Waals surface area contributed by atoms with E-state index in [1.165, 1.54) is 12.1 Å². The molecule has 7 heteroatoms. The molecule has 0 fully saturated rings. The van der Waals surface area contributed by atoms with Gasteiger partial charge in [-0.05, 0) is 66.9 Å². The standard InChI is InChI=1S/C25H17N5O2/c1-16-5-6-23-22(9-16)28-15-30(23)8-7-17-10-18(14-26)12-21(11-17)29-25(32)20-4-2-3-19(13-20)24(27)31/h2-6,9-13,15H,1H3,(H2,27,31)(H,29,32). The van der Waals surface area contributed by atoms with Gasteiger partial charge in [0, 0.05) is 28.4 Å². The van der Waals surface area contributed by atoms with Crippen molar-refractivity contribution in [2.75, 3.05) is 5.32 Å². The monoisotopic (exact) mass is 419 g/mol. The molecule has 0 radical (unpaired) electrons. The fraction of sp³-hybridized carbons (Fsp3) is 0.0400. The average molecular weight is 419 g/mol. The van der Waals surface area contributed by atoms with Gasteiger partial charge in [-0.3, -0.25) is 14.2 Å². The average Bonchev–Trinajstić information content (AvgIpc) is 3.19. The van der Waals surface area contributed by atoms with Gasteiger partial charge in [-0.2, -0.15) is 5.26 Å². The lowest BCUT2D eigenvalue weighted by Gasteiger charge is -2.07. The third-order valence-corrected chi connectivity index (χ3v) is 4.75. The van der Waals surface area contributed by atoms with Crippen LogP contribution in [0.3, 0.4) is 0 Å². The highest BCUT2D eigenvalue weighted by Gasteiger charge is 2.10. The Morgan fingerprint density at radius 2 is 1.81 bits per heavy atom. The fourth-order valence-corrected chi connectivity index (χ4v) is 3.19. The highest BCUT2D eigenvalue weighted by molar-refractivity contribution is 6.06. The number of aromatic nitrogens is 2. The lowest BCUT2D eigenvalue weighted by atomic mass is 10.1. The van der Waals surface area contributed by atoms with E-state index in [9.17, 15) is 14.9 Å². The van der Waals surface area contributed by atoms with Crippen molar-refractivity contribution in [1.82, 2.24) is 9.55 Å². The van der Waals surface area contributed by atoms with Gasteiger partial charge in [-0.15, -0.1) is 0 Å². The first-order valence-corrected chi connectivity index (χ1v) is 9.65. The minimum absolute atomic E-state index is 0.234. The number of aryl methyl sites for hydroxylation is 1. The van der Waals surface area contributed by atoms with E-state index >= 15 is 0 Å². The molecule has 3 aromatic carbocycles. The topological polar surface area (TPSA) is 114 Å². The van der Waals surface area contributed by atoms with Gasteiger partial charge in [0.05, 0.1) is 22.7 Å². The molecule has 0 saturated heterocycles. The van der Waals surface area contributed by atoms with Gasteiger partial charge in [0.2, 0.25) is 5.91 Å². The number of primary amides is 1. The van der Waals surface area contributed by atoms with E-state index in [4.69, 9.17) is 5.73 Å². The van der Waals surface area contributed by atoms with E-state index in [1.807, 2.05) is 25.1 Å². The molecule has 0 aliphatic rings. The van der Waals surface area contributed by atoms with Crippen LogP contribution in [0.1, 0.15) is 37.4 Å². The minimum Gasteiger partial charge on any atom is -0.366 e. The molecule has 4 aromatic rings. The summed E-state index contributed by atoms with van der Waals surface area (Å²) in [4.78, 5) is 28.3. The Morgan fingerprint density at radius 1 is 1.03 bits per heavy atom. The van der Waals surface area contributed by atoms with Crippen molar-refractivity contribution in [3.63, 3.8) is 0 Å². The largest absolute Gasteiger partial charge is 0.366 e. The summed E-state index contributed by atoms with van der Waals surface area (Å²) in [6, 6.07) is 22.0. The van der Waals surface area contributed by atoms with Crippen molar-refractivity contribution in [3.8, 4) is 18.0 Å². The first kappa shape index (κ1) is 20.4. The summed E-state index contributed by atoms with van der Waals surface area (Å²) in [6.07, 6.45) is 1.64. The van der Waals surface area contributed by atoms with Crippen LogP contribution in [-0.4, -0.2) is 21.4 Å². The maximum Gasteiger partial charge on any atom is 0.255 e. The number of rotatable bonds is 3. The predicted octanol–water partition coefficient (Wildman–Crippen LogP) is 3.42. The third-order valence-electron chi connectivity index (χ3n) is 4.75. The number of nitrogens with two attached hydrogens (primary N) is 1. The summed E-state index contributed by atoms with van der Waals surface area (Å²) in [5, 5.41) is 12.1. The molecule has 1 aromatic heterocycles. The van der Waals surface area contributed by atoms with Crippen LogP contribution >= 0.6 is 0 Å². The molecule has 3 N–H and O–H groups in total. The smallest absolute Gasteiger partial charge is 0.255 e. The zero-order valence-electron chi connectivity index (χ0n) is 17.1. The van der Waals surface area contributed by atoms with Gasteiger partial charge in [0.25, 0.3) is 5.91 Å². The molecule has 32 heavy (non-hydrogen) atoms. The number of carbonyl (C=O) groups is 2. The Balaban J connectivity index is 1.63. The quantitative estimate of drug-likeness (QED) is 0.495. The van der Waals surface area contributed by atoms with E-state index in [0.29, 0.717) is 16.8 Å².